The van der Waals surface area contributed by atoms with Crippen molar-refractivity contribution in [2.75, 3.05) is 0 Å². The average Bonchev–Trinajstić information content (AvgIpc) is 3.18. The van der Waals surface area contributed by atoms with Gasteiger partial charge in [0.05, 0.1) is 0 Å². The summed E-state index contributed by atoms with van der Waals surface area (Å²) in [6.45, 7) is 0. The van der Waals surface area contributed by atoms with Gasteiger partial charge in [0.15, 0.2) is 11.3 Å². The summed E-state index contributed by atoms with van der Waals surface area (Å²) in [7, 11) is 0. The third-order valence-corrected chi connectivity index (χ3v) is 4.25. The summed E-state index contributed by atoms with van der Waals surface area (Å²) in [6.07, 6.45) is 5.40. The van der Waals surface area contributed by atoms with Crippen molar-refractivity contribution in [1.29, 1.82) is 0 Å². The molecule has 0 aromatic carbocycles. The number of nitrogens with one attached hydrogen (secondary N) is 1. The molecule has 8 nitrogen and oxygen atoms in total. The van der Waals surface area contributed by atoms with E-state index in [0.29, 0.717) is 24.1 Å². The second-order valence-corrected chi connectivity index (χ2v) is 5.73. The van der Waals surface area contributed by atoms with Crippen molar-refractivity contribution in [3.63, 3.8) is 0 Å². The van der Waals surface area contributed by atoms with Gasteiger partial charge in [-0.25, -0.2) is 19.6 Å². The molecule has 2 N–H and O–H groups in total. The number of fused-ring (bicyclic) bond motifs is 1. The third-order valence-electron chi connectivity index (χ3n) is 4.25. The van der Waals surface area contributed by atoms with Crippen LogP contribution in [0, 0.1) is 0 Å². The highest BCUT2D eigenvalue weighted by Gasteiger charge is 2.37. The summed E-state index contributed by atoms with van der Waals surface area (Å²) in [6, 6.07) is 0.148. The number of imidazole rings is 1. The molecule has 0 spiro atoms. The first-order valence-electron chi connectivity index (χ1n) is 7.08. The minimum atomic E-state index is -1.02. The number of nitrogens with zero attached hydrogens (tertiary/aromatic N) is 4. The van der Waals surface area contributed by atoms with E-state index in [1.165, 1.54) is 0 Å². The van der Waals surface area contributed by atoms with Gasteiger partial charge in [-0.3, -0.25) is 9.13 Å². The van der Waals surface area contributed by atoms with E-state index in [1.54, 1.807) is 21.5 Å². The highest BCUT2D eigenvalue weighted by molar-refractivity contribution is 5.67. The van der Waals surface area contributed by atoms with Crippen molar-refractivity contribution in [2.24, 2.45) is 0 Å². The summed E-state index contributed by atoms with van der Waals surface area (Å²) in [5, 5.41) is 11.2. The molecule has 8 heteroatoms. The van der Waals surface area contributed by atoms with Crippen molar-refractivity contribution >= 4 is 17.4 Å². The Kier molecular flexibility index (Phi) is 2.54. The van der Waals surface area contributed by atoms with Crippen LogP contribution in [0.1, 0.15) is 37.8 Å². The minimum absolute atomic E-state index is 0.00597. The van der Waals surface area contributed by atoms with Crippen LogP contribution < -0.4 is 11.0 Å². The molecule has 1 amide bonds. The summed E-state index contributed by atoms with van der Waals surface area (Å²) in [5.74, 6) is 0. The monoisotopic (exact) mass is 289 g/mol. The predicted molar refractivity (Wildman–Crippen MR) is 73.3 cm³/mol. The predicted octanol–water partition coefficient (Wildman–Crippen LogP) is 0.899. The topological polar surface area (TPSA) is 102 Å². The molecule has 0 unspecified atom stereocenters. The second kappa shape index (κ2) is 4.31. The molecule has 0 aliphatic heterocycles. The number of amides is 1. The van der Waals surface area contributed by atoms with E-state index in [4.69, 9.17) is 5.11 Å². The zero-order valence-electron chi connectivity index (χ0n) is 11.3. The molecular formula is C13H15N5O3. The first kappa shape index (κ1) is 12.4. The standard InChI is InChI=1S/C13H15N5O3/c19-12(20)16-7-5-9(6-7)18-11-10(14-3-4-15-11)17(13(18)21)8-1-2-8/h3-4,7-9,16H,1-2,5-6H2,(H,19,20). The van der Waals surface area contributed by atoms with Crippen LogP contribution >= 0.6 is 0 Å². The van der Waals surface area contributed by atoms with Gasteiger partial charge in [-0.1, -0.05) is 0 Å². The molecule has 2 aromatic heterocycles. The Balaban J connectivity index is 1.71. The van der Waals surface area contributed by atoms with Gasteiger partial charge in [0.25, 0.3) is 0 Å². The SMILES string of the molecule is O=C(O)NC1CC(n2c(=O)n(C3CC3)c3nccnc32)C1. The van der Waals surface area contributed by atoms with Gasteiger partial charge in [-0.2, -0.15) is 0 Å². The number of rotatable bonds is 3. The van der Waals surface area contributed by atoms with E-state index in [-0.39, 0.29) is 23.8 Å². The van der Waals surface area contributed by atoms with Gasteiger partial charge >= 0.3 is 11.8 Å². The molecule has 2 aliphatic rings. The Morgan fingerprint density at radius 2 is 1.71 bits per heavy atom. The summed E-state index contributed by atoms with van der Waals surface area (Å²) in [5.41, 5.74) is 1.17. The first-order valence-corrected chi connectivity index (χ1v) is 7.08. The van der Waals surface area contributed by atoms with E-state index >= 15 is 0 Å². The molecule has 110 valence electrons. The molecule has 2 aromatic rings. The van der Waals surface area contributed by atoms with Crippen molar-refractivity contribution < 1.29 is 9.90 Å². The van der Waals surface area contributed by atoms with Crippen LogP contribution in [0.5, 0.6) is 0 Å². The molecule has 2 heterocycles. The van der Waals surface area contributed by atoms with Crippen LogP contribution in [0.2, 0.25) is 0 Å². The Labute approximate surface area is 119 Å². The van der Waals surface area contributed by atoms with Crippen LogP contribution in [-0.2, 0) is 0 Å². The fourth-order valence-corrected chi connectivity index (χ4v) is 3.04. The maximum atomic E-state index is 12.6. The van der Waals surface area contributed by atoms with Crippen LogP contribution in [0.15, 0.2) is 17.2 Å². The van der Waals surface area contributed by atoms with E-state index in [9.17, 15) is 9.59 Å². The Morgan fingerprint density at radius 3 is 2.24 bits per heavy atom. The maximum absolute atomic E-state index is 12.6. The summed E-state index contributed by atoms with van der Waals surface area (Å²) in [4.78, 5) is 31.9. The molecule has 0 radical (unpaired) electrons. The fraction of sp³-hybridized carbons (Fsp3) is 0.538. The summed E-state index contributed by atoms with van der Waals surface area (Å²) >= 11 is 0. The zero-order valence-corrected chi connectivity index (χ0v) is 11.3. The number of aromatic nitrogens is 4. The van der Waals surface area contributed by atoms with E-state index in [1.807, 2.05) is 0 Å². The second-order valence-electron chi connectivity index (χ2n) is 5.73. The molecule has 0 saturated heterocycles. The lowest BCUT2D eigenvalue weighted by Crippen LogP contribution is -2.46. The Hall–Kier alpha value is -2.38. The van der Waals surface area contributed by atoms with Gasteiger partial charge in [0, 0.05) is 30.5 Å². The normalized spacial score (nSPS) is 24.8. The van der Waals surface area contributed by atoms with Gasteiger partial charge in [0.2, 0.25) is 0 Å². The van der Waals surface area contributed by atoms with Gasteiger partial charge in [-0.15, -0.1) is 0 Å². The maximum Gasteiger partial charge on any atom is 0.404 e. The van der Waals surface area contributed by atoms with Crippen molar-refractivity contribution in [1.82, 2.24) is 24.4 Å². The molecular weight excluding hydrogens is 274 g/mol. The lowest BCUT2D eigenvalue weighted by molar-refractivity contribution is 0.167. The van der Waals surface area contributed by atoms with Crippen molar-refractivity contribution in [3.8, 4) is 0 Å². The highest BCUT2D eigenvalue weighted by Crippen LogP contribution is 2.38. The van der Waals surface area contributed by atoms with E-state index < -0.39 is 6.09 Å². The molecule has 2 saturated carbocycles. The zero-order chi connectivity index (χ0) is 14.6. The Bertz CT molecular complexity index is 770. The smallest absolute Gasteiger partial charge is 0.404 e. The largest absolute Gasteiger partial charge is 0.465 e. The minimum Gasteiger partial charge on any atom is -0.465 e. The average molecular weight is 289 g/mol. The fourth-order valence-electron chi connectivity index (χ4n) is 3.04. The van der Waals surface area contributed by atoms with Crippen LogP contribution in [0.4, 0.5) is 4.79 Å². The Morgan fingerprint density at radius 1 is 1.14 bits per heavy atom. The molecule has 2 fully saturated rings. The van der Waals surface area contributed by atoms with Crippen molar-refractivity contribution in [3.05, 3.63) is 22.9 Å². The van der Waals surface area contributed by atoms with Crippen LogP contribution in [-0.4, -0.2) is 36.3 Å². The van der Waals surface area contributed by atoms with Gasteiger partial charge in [0.1, 0.15) is 0 Å². The van der Waals surface area contributed by atoms with Gasteiger partial charge in [-0.05, 0) is 25.7 Å². The quantitative estimate of drug-likeness (QED) is 0.874. The van der Waals surface area contributed by atoms with E-state index in [0.717, 1.165) is 12.8 Å². The number of carbonyl (C=O) groups is 1. The first-order chi connectivity index (χ1) is 10.1. The van der Waals surface area contributed by atoms with Crippen LogP contribution in [0.3, 0.4) is 0 Å². The van der Waals surface area contributed by atoms with Crippen LogP contribution in [0.25, 0.3) is 11.3 Å². The summed E-state index contributed by atoms with van der Waals surface area (Å²) < 4.78 is 3.42. The molecule has 4 rings (SSSR count). The number of hydrogen-bond acceptors (Lipinski definition) is 4. The van der Waals surface area contributed by atoms with E-state index in [2.05, 4.69) is 15.3 Å². The number of hydrogen-bond donors (Lipinski definition) is 2. The molecule has 21 heavy (non-hydrogen) atoms. The molecule has 2 aliphatic carbocycles. The molecule has 0 atom stereocenters. The van der Waals surface area contributed by atoms with Gasteiger partial charge < -0.3 is 10.4 Å². The third kappa shape index (κ3) is 1.90. The number of carboxylic acid groups (broad SMARTS) is 1. The lowest BCUT2D eigenvalue weighted by Gasteiger charge is -2.35. The van der Waals surface area contributed by atoms with Crippen molar-refractivity contribution in [2.45, 2.75) is 43.8 Å². The highest BCUT2D eigenvalue weighted by atomic mass is 16.4. The lowest BCUT2D eigenvalue weighted by atomic mass is 9.86. The molecule has 0 bridgehead atoms.